The second-order valence-corrected chi connectivity index (χ2v) is 5.84. The molecule has 0 aliphatic heterocycles. The SMILES string of the molecule is C=CCOc1c(Cl)cc(/C=C(\C#N)c2ccc(Cl)cc2)cc1Cl. The van der Waals surface area contributed by atoms with E-state index in [2.05, 4.69) is 12.6 Å². The molecule has 0 radical (unpaired) electrons. The molecule has 0 fully saturated rings. The van der Waals surface area contributed by atoms with Gasteiger partial charge in [-0.25, -0.2) is 0 Å². The van der Waals surface area contributed by atoms with Gasteiger partial charge in [0, 0.05) is 5.02 Å². The molecule has 0 N–H and O–H groups in total. The van der Waals surface area contributed by atoms with Crippen LogP contribution in [-0.2, 0) is 0 Å². The summed E-state index contributed by atoms with van der Waals surface area (Å²) in [5.74, 6) is 0.399. The molecule has 2 aromatic carbocycles. The number of allylic oxidation sites excluding steroid dienone is 1. The molecule has 0 heterocycles. The maximum atomic E-state index is 9.37. The summed E-state index contributed by atoms with van der Waals surface area (Å²) in [6.07, 6.45) is 3.31. The second-order valence-electron chi connectivity index (χ2n) is 4.59. The Bertz CT molecular complexity index is 766. The molecule has 0 amide bonds. The first-order chi connectivity index (χ1) is 11.0. The fourth-order valence-corrected chi connectivity index (χ4v) is 2.66. The van der Waals surface area contributed by atoms with E-state index in [1.54, 1.807) is 48.6 Å². The lowest BCUT2D eigenvalue weighted by Crippen LogP contribution is -1.95. The molecule has 2 nitrogen and oxygen atoms in total. The van der Waals surface area contributed by atoms with Gasteiger partial charge in [0.2, 0.25) is 0 Å². The third-order valence-corrected chi connectivity index (χ3v) is 3.77. The van der Waals surface area contributed by atoms with Gasteiger partial charge in [-0.05, 0) is 41.5 Å². The van der Waals surface area contributed by atoms with Crippen LogP contribution in [-0.4, -0.2) is 6.61 Å². The lowest BCUT2D eigenvalue weighted by molar-refractivity contribution is 0.363. The Morgan fingerprint density at radius 3 is 2.26 bits per heavy atom. The molecule has 2 rings (SSSR count). The molecule has 0 unspecified atom stereocenters. The molecule has 0 saturated heterocycles. The van der Waals surface area contributed by atoms with Crippen LogP contribution in [0.25, 0.3) is 11.6 Å². The van der Waals surface area contributed by atoms with Gasteiger partial charge in [0.25, 0.3) is 0 Å². The predicted octanol–water partition coefficient (Wildman–Crippen LogP) is 6.28. The molecule has 0 atom stereocenters. The Morgan fingerprint density at radius 2 is 1.74 bits per heavy atom. The highest BCUT2D eigenvalue weighted by atomic mass is 35.5. The minimum absolute atomic E-state index is 0.308. The largest absolute Gasteiger partial charge is 0.486 e. The van der Waals surface area contributed by atoms with Crippen LogP contribution in [0, 0.1) is 11.3 Å². The molecule has 5 heteroatoms. The summed E-state index contributed by atoms with van der Waals surface area (Å²) in [7, 11) is 0. The highest BCUT2D eigenvalue weighted by Gasteiger charge is 2.10. The van der Waals surface area contributed by atoms with Gasteiger partial charge in [-0.1, -0.05) is 59.6 Å². The molecule has 23 heavy (non-hydrogen) atoms. The van der Waals surface area contributed by atoms with Crippen molar-refractivity contribution in [2.45, 2.75) is 0 Å². The molecule has 0 saturated carbocycles. The number of ether oxygens (including phenoxy) is 1. The monoisotopic (exact) mass is 363 g/mol. The zero-order valence-electron chi connectivity index (χ0n) is 12.0. The van der Waals surface area contributed by atoms with Crippen molar-refractivity contribution in [3.8, 4) is 11.8 Å². The first-order valence-corrected chi connectivity index (χ1v) is 7.79. The fourth-order valence-electron chi connectivity index (χ4n) is 1.92. The van der Waals surface area contributed by atoms with Crippen LogP contribution in [0.4, 0.5) is 0 Å². The predicted molar refractivity (Wildman–Crippen MR) is 97.1 cm³/mol. The summed E-state index contributed by atoms with van der Waals surface area (Å²) in [6, 6.07) is 12.6. The van der Waals surface area contributed by atoms with Gasteiger partial charge >= 0.3 is 0 Å². The molecule has 0 bridgehead atoms. The van der Waals surface area contributed by atoms with Gasteiger partial charge in [0.15, 0.2) is 5.75 Å². The first kappa shape index (κ1) is 17.4. The molecular weight excluding hydrogens is 353 g/mol. The lowest BCUT2D eigenvalue weighted by Gasteiger charge is -2.09. The molecule has 0 aromatic heterocycles. The van der Waals surface area contributed by atoms with Crippen molar-refractivity contribution < 1.29 is 4.74 Å². The summed E-state index contributed by atoms with van der Waals surface area (Å²) < 4.78 is 5.42. The summed E-state index contributed by atoms with van der Waals surface area (Å²) >= 11 is 18.2. The van der Waals surface area contributed by atoms with Crippen molar-refractivity contribution >= 4 is 46.5 Å². The Labute approximate surface area is 150 Å². The van der Waals surface area contributed by atoms with E-state index in [0.717, 1.165) is 5.56 Å². The molecule has 0 aliphatic rings. The molecule has 2 aromatic rings. The van der Waals surface area contributed by atoms with Crippen molar-refractivity contribution in [3.05, 3.63) is 75.2 Å². The Kier molecular flexibility index (Phi) is 6.12. The Balaban J connectivity index is 2.39. The number of nitriles is 1. The van der Waals surface area contributed by atoms with E-state index in [1.807, 2.05) is 0 Å². The standard InChI is InChI=1S/C18H12Cl3NO/c1-2-7-23-18-16(20)9-12(10-17(18)21)8-14(11-22)13-3-5-15(19)6-4-13/h2-6,8-10H,1,7H2/b14-8+. The third kappa shape index (κ3) is 4.53. The van der Waals surface area contributed by atoms with Crippen LogP contribution in [0.5, 0.6) is 5.75 Å². The zero-order chi connectivity index (χ0) is 16.8. The molecule has 0 aliphatic carbocycles. The number of hydrogen-bond acceptors (Lipinski definition) is 2. The normalized spacial score (nSPS) is 11.0. The summed E-state index contributed by atoms with van der Waals surface area (Å²) in [5.41, 5.74) is 1.95. The summed E-state index contributed by atoms with van der Waals surface area (Å²) in [5, 5.41) is 10.7. The van der Waals surface area contributed by atoms with Crippen molar-refractivity contribution in [3.63, 3.8) is 0 Å². The number of rotatable bonds is 5. The van der Waals surface area contributed by atoms with Crippen molar-refractivity contribution in [1.82, 2.24) is 0 Å². The van der Waals surface area contributed by atoms with E-state index in [1.165, 1.54) is 0 Å². The fraction of sp³-hybridized carbons (Fsp3) is 0.0556. The first-order valence-electron chi connectivity index (χ1n) is 6.65. The maximum Gasteiger partial charge on any atom is 0.156 e. The maximum absolute atomic E-state index is 9.37. The Morgan fingerprint density at radius 1 is 1.13 bits per heavy atom. The highest BCUT2D eigenvalue weighted by molar-refractivity contribution is 6.37. The van der Waals surface area contributed by atoms with Crippen LogP contribution >= 0.6 is 34.8 Å². The van der Waals surface area contributed by atoms with Gasteiger partial charge in [-0.2, -0.15) is 5.26 Å². The lowest BCUT2D eigenvalue weighted by atomic mass is 10.0. The van der Waals surface area contributed by atoms with E-state index < -0.39 is 0 Å². The number of benzene rings is 2. The molecule has 116 valence electrons. The van der Waals surface area contributed by atoms with E-state index in [-0.39, 0.29) is 0 Å². The highest BCUT2D eigenvalue weighted by Crippen LogP contribution is 2.35. The summed E-state index contributed by atoms with van der Waals surface area (Å²) in [6.45, 7) is 3.89. The van der Waals surface area contributed by atoms with Gasteiger partial charge in [0.1, 0.15) is 6.61 Å². The van der Waals surface area contributed by atoms with Gasteiger partial charge in [-0.3, -0.25) is 0 Å². The quantitative estimate of drug-likeness (QED) is 0.355. The number of nitrogens with zero attached hydrogens (tertiary/aromatic N) is 1. The van der Waals surface area contributed by atoms with Crippen LogP contribution in [0.15, 0.2) is 49.1 Å². The van der Waals surface area contributed by atoms with Crippen LogP contribution in [0.3, 0.4) is 0 Å². The van der Waals surface area contributed by atoms with Gasteiger partial charge < -0.3 is 4.74 Å². The van der Waals surface area contributed by atoms with Crippen LogP contribution in [0.1, 0.15) is 11.1 Å². The van der Waals surface area contributed by atoms with E-state index in [0.29, 0.717) is 38.6 Å². The van der Waals surface area contributed by atoms with Crippen molar-refractivity contribution in [2.24, 2.45) is 0 Å². The van der Waals surface area contributed by atoms with Crippen molar-refractivity contribution in [1.29, 1.82) is 5.26 Å². The Hall–Kier alpha value is -1.92. The molecule has 0 spiro atoms. The molecular formula is C18H12Cl3NO. The van der Waals surface area contributed by atoms with Crippen molar-refractivity contribution in [2.75, 3.05) is 6.61 Å². The van der Waals surface area contributed by atoms with E-state index in [4.69, 9.17) is 39.5 Å². The second kappa shape index (κ2) is 8.08. The van der Waals surface area contributed by atoms with E-state index >= 15 is 0 Å². The van der Waals surface area contributed by atoms with Crippen LogP contribution < -0.4 is 4.74 Å². The van der Waals surface area contributed by atoms with Gasteiger partial charge in [0.05, 0.1) is 21.7 Å². The zero-order valence-corrected chi connectivity index (χ0v) is 14.3. The van der Waals surface area contributed by atoms with Crippen LogP contribution in [0.2, 0.25) is 15.1 Å². The average molecular weight is 365 g/mol. The summed E-state index contributed by atoms with van der Waals surface area (Å²) in [4.78, 5) is 0. The minimum atomic E-state index is 0.308. The van der Waals surface area contributed by atoms with E-state index in [9.17, 15) is 5.26 Å². The average Bonchev–Trinajstić information content (AvgIpc) is 2.53. The number of hydrogen-bond donors (Lipinski definition) is 0. The number of halogens is 3. The topological polar surface area (TPSA) is 33.0 Å². The minimum Gasteiger partial charge on any atom is -0.486 e. The smallest absolute Gasteiger partial charge is 0.156 e. The van der Waals surface area contributed by atoms with Gasteiger partial charge in [-0.15, -0.1) is 0 Å². The third-order valence-electron chi connectivity index (χ3n) is 2.95.